The number of aromatic amines is 1. The standard InChI is InChI=1S/C25H33Cl2N3O2/c1-15(8-17-10-16-11-19(26)20(27)12-21(16)28-17)9-22(32-7)23(31)29-18-13-24(2,3)30(6)25(4,5)14-18/h8-12,18,28H,13-14H2,1-7H3,(H,29,31)/b15-8+,22-9+. The minimum absolute atomic E-state index is 0.00607. The number of hydrogen-bond acceptors (Lipinski definition) is 3. The van der Waals surface area contributed by atoms with Crippen molar-refractivity contribution >= 4 is 46.1 Å². The molecule has 1 amide bonds. The maximum atomic E-state index is 13.0. The van der Waals surface area contributed by atoms with Crippen LogP contribution in [0.1, 0.15) is 53.2 Å². The highest BCUT2D eigenvalue weighted by atomic mass is 35.5. The predicted molar refractivity (Wildman–Crippen MR) is 134 cm³/mol. The average Bonchev–Trinajstić information content (AvgIpc) is 3.04. The predicted octanol–water partition coefficient (Wildman–Crippen LogP) is 6.18. The Bertz CT molecular complexity index is 1030. The normalized spacial score (nSPS) is 19.9. The van der Waals surface area contributed by atoms with Gasteiger partial charge in [-0.15, -0.1) is 0 Å². The number of benzene rings is 1. The summed E-state index contributed by atoms with van der Waals surface area (Å²) in [6.45, 7) is 10.8. The van der Waals surface area contributed by atoms with E-state index in [1.165, 1.54) is 7.11 Å². The molecule has 0 aliphatic carbocycles. The molecule has 0 spiro atoms. The summed E-state index contributed by atoms with van der Waals surface area (Å²) in [6.07, 6.45) is 5.47. The molecule has 1 saturated heterocycles. The molecule has 0 bridgehead atoms. The number of allylic oxidation sites excluding steroid dienone is 2. The summed E-state index contributed by atoms with van der Waals surface area (Å²) in [5, 5.41) is 5.18. The average molecular weight is 478 g/mol. The molecule has 0 saturated carbocycles. The highest BCUT2D eigenvalue weighted by Gasteiger charge is 2.43. The lowest BCUT2D eigenvalue weighted by Gasteiger charge is -2.53. The fourth-order valence-electron chi connectivity index (χ4n) is 4.67. The largest absolute Gasteiger partial charge is 0.491 e. The van der Waals surface area contributed by atoms with Gasteiger partial charge in [0.2, 0.25) is 0 Å². The van der Waals surface area contributed by atoms with E-state index in [-0.39, 0.29) is 28.8 Å². The summed E-state index contributed by atoms with van der Waals surface area (Å²) in [5.74, 6) is 0.0899. The van der Waals surface area contributed by atoms with Crippen molar-refractivity contribution in [2.24, 2.45) is 0 Å². The van der Waals surface area contributed by atoms with Crippen LogP contribution in [0.5, 0.6) is 0 Å². The van der Waals surface area contributed by atoms with E-state index in [1.807, 2.05) is 25.1 Å². The topological polar surface area (TPSA) is 57.4 Å². The summed E-state index contributed by atoms with van der Waals surface area (Å²) in [4.78, 5) is 18.7. The van der Waals surface area contributed by atoms with Gasteiger partial charge < -0.3 is 15.0 Å². The molecule has 7 heteroatoms. The lowest BCUT2D eigenvalue weighted by Crippen LogP contribution is -2.62. The van der Waals surface area contributed by atoms with E-state index in [9.17, 15) is 4.79 Å². The van der Waals surface area contributed by atoms with Crippen molar-refractivity contribution in [2.75, 3.05) is 14.2 Å². The van der Waals surface area contributed by atoms with Gasteiger partial charge in [0.05, 0.1) is 17.2 Å². The fraction of sp³-hybridized carbons (Fsp3) is 0.480. The SMILES string of the molecule is CO/C(=C/C(C)=C/c1cc2cc(Cl)c(Cl)cc2[nH]1)C(=O)NC1CC(C)(C)N(C)C(C)(C)C1. The molecule has 0 atom stereocenters. The second-order valence-corrected chi connectivity index (χ2v) is 10.8. The first-order chi connectivity index (χ1) is 14.8. The third kappa shape index (κ3) is 5.33. The number of fused-ring (bicyclic) bond motifs is 1. The Morgan fingerprint density at radius 1 is 1.16 bits per heavy atom. The van der Waals surface area contributed by atoms with Crippen LogP contribution in [0.4, 0.5) is 0 Å². The van der Waals surface area contributed by atoms with Gasteiger partial charge in [-0.05, 0) is 90.4 Å². The van der Waals surface area contributed by atoms with Crippen LogP contribution in [0.2, 0.25) is 10.0 Å². The number of ether oxygens (including phenoxy) is 1. The van der Waals surface area contributed by atoms with E-state index in [4.69, 9.17) is 27.9 Å². The van der Waals surface area contributed by atoms with Crippen molar-refractivity contribution in [1.82, 2.24) is 15.2 Å². The summed E-state index contributed by atoms with van der Waals surface area (Å²) >= 11 is 12.2. The first-order valence-corrected chi connectivity index (χ1v) is 11.5. The van der Waals surface area contributed by atoms with Gasteiger partial charge in [-0.25, -0.2) is 0 Å². The number of carbonyl (C=O) groups is 1. The Labute approximate surface area is 200 Å². The minimum Gasteiger partial charge on any atom is -0.491 e. The van der Waals surface area contributed by atoms with Crippen LogP contribution in [-0.2, 0) is 9.53 Å². The highest BCUT2D eigenvalue weighted by molar-refractivity contribution is 6.42. The molecule has 2 aromatic rings. The zero-order chi connectivity index (χ0) is 23.8. The molecule has 1 aromatic heterocycles. The number of hydrogen-bond donors (Lipinski definition) is 2. The molecule has 174 valence electrons. The number of nitrogens with one attached hydrogen (secondary N) is 2. The lowest BCUT2D eigenvalue weighted by molar-refractivity contribution is -0.122. The molecule has 1 fully saturated rings. The number of methoxy groups -OCH3 is 1. The van der Waals surface area contributed by atoms with Crippen LogP contribution in [0, 0.1) is 0 Å². The van der Waals surface area contributed by atoms with Gasteiger partial charge in [0.1, 0.15) is 0 Å². The third-order valence-corrected chi connectivity index (χ3v) is 7.23. The van der Waals surface area contributed by atoms with E-state index < -0.39 is 0 Å². The van der Waals surface area contributed by atoms with Crippen LogP contribution >= 0.6 is 23.2 Å². The first kappa shape index (κ1) is 24.7. The fourth-order valence-corrected chi connectivity index (χ4v) is 5.00. The van der Waals surface area contributed by atoms with Gasteiger partial charge in [-0.3, -0.25) is 9.69 Å². The van der Waals surface area contributed by atoms with Crippen LogP contribution in [0.3, 0.4) is 0 Å². The van der Waals surface area contributed by atoms with Crippen LogP contribution in [0.15, 0.2) is 35.6 Å². The molecule has 1 aromatic carbocycles. The Morgan fingerprint density at radius 2 is 1.75 bits per heavy atom. The number of rotatable bonds is 5. The van der Waals surface area contributed by atoms with Gasteiger partial charge in [0, 0.05) is 33.7 Å². The van der Waals surface area contributed by atoms with Crippen molar-refractivity contribution in [3.63, 3.8) is 0 Å². The van der Waals surface area contributed by atoms with Gasteiger partial charge in [-0.1, -0.05) is 23.2 Å². The molecule has 1 aliphatic rings. The highest BCUT2D eigenvalue weighted by Crippen LogP contribution is 2.37. The molecule has 0 unspecified atom stereocenters. The van der Waals surface area contributed by atoms with Gasteiger partial charge in [0.15, 0.2) is 5.76 Å². The molecule has 3 rings (SSSR count). The molecule has 5 nitrogen and oxygen atoms in total. The van der Waals surface area contributed by atoms with E-state index in [0.717, 1.165) is 35.0 Å². The molecule has 1 aliphatic heterocycles. The van der Waals surface area contributed by atoms with Crippen LogP contribution in [-0.4, -0.2) is 47.1 Å². The number of aromatic nitrogens is 1. The maximum Gasteiger partial charge on any atom is 0.286 e. The van der Waals surface area contributed by atoms with Crippen LogP contribution in [0.25, 0.3) is 17.0 Å². The summed E-state index contributed by atoms with van der Waals surface area (Å²) in [6, 6.07) is 5.70. The molecule has 32 heavy (non-hydrogen) atoms. The Kier molecular flexibility index (Phi) is 7.04. The quantitative estimate of drug-likeness (QED) is 0.307. The Hall–Kier alpha value is -1.95. The van der Waals surface area contributed by atoms with Gasteiger partial charge >= 0.3 is 0 Å². The van der Waals surface area contributed by atoms with Crippen molar-refractivity contribution in [2.45, 2.75) is 64.6 Å². The number of likely N-dealkylation sites (tertiary alicyclic amines) is 1. The van der Waals surface area contributed by atoms with E-state index in [1.54, 1.807) is 12.1 Å². The molecule has 0 radical (unpaired) electrons. The van der Waals surface area contributed by atoms with Crippen molar-refractivity contribution < 1.29 is 9.53 Å². The van der Waals surface area contributed by atoms with Gasteiger partial charge in [0.25, 0.3) is 5.91 Å². The van der Waals surface area contributed by atoms with Crippen molar-refractivity contribution in [3.05, 3.63) is 51.3 Å². The zero-order valence-corrected chi connectivity index (χ0v) is 21.4. The van der Waals surface area contributed by atoms with Crippen molar-refractivity contribution in [3.8, 4) is 0 Å². The first-order valence-electron chi connectivity index (χ1n) is 10.8. The lowest BCUT2D eigenvalue weighted by atomic mass is 9.77. The summed E-state index contributed by atoms with van der Waals surface area (Å²) in [7, 11) is 3.67. The number of halogens is 2. The minimum atomic E-state index is -0.198. The number of carbonyl (C=O) groups excluding carboxylic acids is 1. The van der Waals surface area contributed by atoms with E-state index in [0.29, 0.717) is 10.0 Å². The van der Waals surface area contributed by atoms with Crippen LogP contribution < -0.4 is 5.32 Å². The summed E-state index contributed by atoms with van der Waals surface area (Å²) < 4.78 is 5.43. The smallest absolute Gasteiger partial charge is 0.286 e. The van der Waals surface area contributed by atoms with Gasteiger partial charge in [-0.2, -0.15) is 0 Å². The van der Waals surface area contributed by atoms with E-state index >= 15 is 0 Å². The Balaban J connectivity index is 1.77. The Morgan fingerprint density at radius 3 is 2.34 bits per heavy atom. The molecular weight excluding hydrogens is 445 g/mol. The van der Waals surface area contributed by atoms with E-state index in [2.05, 4.69) is 49.9 Å². The maximum absolute atomic E-state index is 13.0. The van der Waals surface area contributed by atoms with Crippen molar-refractivity contribution in [1.29, 1.82) is 0 Å². The second kappa shape index (κ2) is 9.12. The second-order valence-electron chi connectivity index (χ2n) is 9.94. The zero-order valence-electron chi connectivity index (χ0n) is 19.9. The summed E-state index contributed by atoms with van der Waals surface area (Å²) in [5.41, 5.74) is 2.66. The molecular formula is C25H33Cl2N3O2. The number of H-pyrrole nitrogens is 1. The number of nitrogens with zero attached hydrogens (tertiary/aromatic N) is 1. The number of piperidine rings is 1. The molecule has 2 heterocycles. The number of amides is 1. The monoisotopic (exact) mass is 477 g/mol. The molecule has 2 N–H and O–H groups in total. The third-order valence-electron chi connectivity index (χ3n) is 6.51.